The average Bonchev–Trinajstić information content (AvgIpc) is 2.57. The van der Waals surface area contributed by atoms with Crippen LogP contribution in [0.25, 0.3) is 0 Å². The van der Waals surface area contributed by atoms with E-state index in [1.807, 2.05) is 24.8 Å². The second kappa shape index (κ2) is 7.18. The molecule has 0 radical (unpaired) electrons. The van der Waals surface area contributed by atoms with E-state index in [-0.39, 0.29) is 5.91 Å². The molecule has 0 unspecified atom stereocenters. The van der Waals surface area contributed by atoms with Gasteiger partial charge in [0.2, 0.25) is 5.95 Å². The van der Waals surface area contributed by atoms with E-state index in [0.29, 0.717) is 22.8 Å². The molecule has 0 saturated carbocycles. The van der Waals surface area contributed by atoms with Crippen molar-refractivity contribution in [3.63, 3.8) is 0 Å². The van der Waals surface area contributed by atoms with Crippen molar-refractivity contribution in [2.24, 2.45) is 0 Å². The van der Waals surface area contributed by atoms with Crippen LogP contribution in [0.1, 0.15) is 29.8 Å². The number of rotatable bonds is 5. The third kappa shape index (κ3) is 3.58. The van der Waals surface area contributed by atoms with Gasteiger partial charge in [0.15, 0.2) is 0 Å². The van der Waals surface area contributed by atoms with Crippen molar-refractivity contribution in [3.05, 3.63) is 47.8 Å². The Morgan fingerprint density at radius 2 is 1.77 bits per heavy atom. The number of hydrogen-bond acceptors (Lipinski definition) is 5. The molecule has 1 aromatic heterocycles. The van der Waals surface area contributed by atoms with E-state index < -0.39 is 0 Å². The monoisotopic (exact) mass is 295 g/mol. The molecule has 0 aliphatic rings. The van der Waals surface area contributed by atoms with Crippen LogP contribution in [0, 0.1) is 11.3 Å². The minimum Gasteiger partial charge on any atom is -0.341 e. The van der Waals surface area contributed by atoms with E-state index in [1.54, 1.807) is 24.3 Å². The molecule has 6 nitrogen and oxygen atoms in total. The van der Waals surface area contributed by atoms with Crippen molar-refractivity contribution >= 4 is 17.5 Å². The van der Waals surface area contributed by atoms with Crippen LogP contribution in [0.3, 0.4) is 0 Å². The summed E-state index contributed by atoms with van der Waals surface area (Å²) in [6.07, 6.45) is 3.03. The zero-order valence-electron chi connectivity index (χ0n) is 12.6. The molecule has 0 spiro atoms. The fourth-order valence-electron chi connectivity index (χ4n) is 1.94. The first kappa shape index (κ1) is 15.4. The van der Waals surface area contributed by atoms with Gasteiger partial charge in [0, 0.05) is 31.2 Å². The van der Waals surface area contributed by atoms with Crippen molar-refractivity contribution in [3.8, 4) is 6.07 Å². The zero-order valence-corrected chi connectivity index (χ0v) is 12.6. The first-order valence-electron chi connectivity index (χ1n) is 7.06. The largest absolute Gasteiger partial charge is 0.341 e. The molecule has 1 aromatic carbocycles. The molecule has 0 aliphatic heterocycles. The predicted octanol–water partition coefficient (Wildman–Crippen LogP) is 2.45. The quantitative estimate of drug-likeness (QED) is 0.916. The van der Waals surface area contributed by atoms with Gasteiger partial charge in [-0.3, -0.25) is 4.79 Å². The Morgan fingerprint density at radius 3 is 2.27 bits per heavy atom. The molecule has 112 valence electrons. The lowest BCUT2D eigenvalue weighted by atomic mass is 10.2. The summed E-state index contributed by atoms with van der Waals surface area (Å²) < 4.78 is 0. The van der Waals surface area contributed by atoms with Gasteiger partial charge in [-0.25, -0.2) is 9.97 Å². The van der Waals surface area contributed by atoms with Gasteiger partial charge in [0.05, 0.1) is 17.2 Å². The molecule has 0 aliphatic carbocycles. The van der Waals surface area contributed by atoms with Crippen molar-refractivity contribution in [1.29, 1.82) is 5.26 Å². The smallest absolute Gasteiger partial charge is 0.258 e. The maximum absolute atomic E-state index is 12.1. The van der Waals surface area contributed by atoms with E-state index in [1.165, 1.54) is 12.4 Å². The molecule has 0 atom stereocenters. The Bertz CT molecular complexity index is 669. The molecule has 1 N–H and O–H groups in total. The minimum atomic E-state index is -0.282. The Labute approximate surface area is 129 Å². The number of aromatic nitrogens is 2. The summed E-state index contributed by atoms with van der Waals surface area (Å²) in [5.41, 5.74) is 1.56. The summed E-state index contributed by atoms with van der Waals surface area (Å²) in [4.78, 5) is 22.6. The van der Waals surface area contributed by atoms with Gasteiger partial charge in [0.25, 0.3) is 5.91 Å². The van der Waals surface area contributed by atoms with Crippen LogP contribution in [-0.4, -0.2) is 29.0 Å². The number of carbonyl (C=O) groups excluding carboxylic acids is 1. The van der Waals surface area contributed by atoms with Gasteiger partial charge >= 0.3 is 0 Å². The molecule has 2 rings (SSSR count). The second-order valence-electron chi connectivity index (χ2n) is 4.59. The van der Waals surface area contributed by atoms with Gasteiger partial charge in [-0.05, 0) is 38.1 Å². The van der Waals surface area contributed by atoms with Crippen molar-refractivity contribution in [2.75, 3.05) is 23.3 Å². The van der Waals surface area contributed by atoms with Crippen LogP contribution in [0.4, 0.5) is 11.6 Å². The first-order chi connectivity index (χ1) is 10.7. The van der Waals surface area contributed by atoms with Gasteiger partial charge in [0.1, 0.15) is 0 Å². The lowest BCUT2D eigenvalue weighted by Gasteiger charge is -2.17. The Kier molecular flexibility index (Phi) is 5.04. The van der Waals surface area contributed by atoms with Gasteiger partial charge in [-0.15, -0.1) is 0 Å². The van der Waals surface area contributed by atoms with E-state index >= 15 is 0 Å². The summed E-state index contributed by atoms with van der Waals surface area (Å²) in [5.74, 6) is 0.329. The first-order valence-corrected chi connectivity index (χ1v) is 7.06. The molecule has 1 amide bonds. The molecule has 0 saturated heterocycles. The third-order valence-corrected chi connectivity index (χ3v) is 3.22. The highest BCUT2D eigenvalue weighted by molar-refractivity contribution is 6.03. The van der Waals surface area contributed by atoms with Gasteiger partial charge in [-0.2, -0.15) is 5.26 Å². The third-order valence-electron chi connectivity index (χ3n) is 3.22. The summed E-state index contributed by atoms with van der Waals surface area (Å²) in [7, 11) is 0. The Hall–Kier alpha value is -2.94. The molecule has 22 heavy (non-hydrogen) atoms. The number of nitrogens with one attached hydrogen (secondary N) is 1. The lowest BCUT2D eigenvalue weighted by Crippen LogP contribution is -2.24. The fraction of sp³-hybridized carbons (Fsp3) is 0.250. The Balaban J connectivity index is 2.07. The number of nitriles is 1. The summed E-state index contributed by atoms with van der Waals surface area (Å²) in [6.45, 7) is 5.68. The normalized spacial score (nSPS) is 9.86. The molecule has 0 fully saturated rings. The Morgan fingerprint density at radius 1 is 1.18 bits per heavy atom. The number of amides is 1. The van der Waals surface area contributed by atoms with Crippen LogP contribution >= 0.6 is 0 Å². The number of hydrogen-bond donors (Lipinski definition) is 1. The van der Waals surface area contributed by atoms with Crippen molar-refractivity contribution in [2.45, 2.75) is 13.8 Å². The molecular formula is C16H17N5O. The van der Waals surface area contributed by atoms with Gasteiger partial charge in [-0.1, -0.05) is 0 Å². The maximum Gasteiger partial charge on any atom is 0.258 e. The highest BCUT2D eigenvalue weighted by Crippen LogP contribution is 2.11. The molecule has 0 bridgehead atoms. The molecule has 2 aromatic rings. The number of benzene rings is 1. The van der Waals surface area contributed by atoms with E-state index in [9.17, 15) is 4.79 Å². The van der Waals surface area contributed by atoms with Crippen molar-refractivity contribution < 1.29 is 4.79 Å². The number of anilines is 2. The summed E-state index contributed by atoms with van der Waals surface area (Å²) in [6, 6.07) is 8.69. The van der Waals surface area contributed by atoms with Gasteiger partial charge < -0.3 is 10.2 Å². The molecule has 6 heteroatoms. The molecular weight excluding hydrogens is 278 g/mol. The van der Waals surface area contributed by atoms with E-state index in [2.05, 4.69) is 15.3 Å². The lowest BCUT2D eigenvalue weighted by molar-refractivity contribution is 0.102. The minimum absolute atomic E-state index is 0.282. The van der Waals surface area contributed by atoms with Crippen LogP contribution in [0.2, 0.25) is 0 Å². The van der Waals surface area contributed by atoms with Crippen LogP contribution < -0.4 is 10.2 Å². The van der Waals surface area contributed by atoms with Crippen molar-refractivity contribution in [1.82, 2.24) is 9.97 Å². The average molecular weight is 295 g/mol. The predicted molar refractivity (Wildman–Crippen MR) is 84.7 cm³/mol. The van der Waals surface area contributed by atoms with Crippen LogP contribution in [-0.2, 0) is 0 Å². The number of carbonyl (C=O) groups is 1. The highest BCUT2D eigenvalue weighted by Gasteiger charge is 2.10. The standard InChI is InChI=1S/C16H17N5O/c1-3-21(4-2)16-18-10-13(11-19-16)15(22)20-14-7-5-12(9-17)6-8-14/h5-8,10-11H,3-4H2,1-2H3,(H,20,22). The van der Waals surface area contributed by atoms with Crippen LogP contribution in [0.15, 0.2) is 36.7 Å². The topological polar surface area (TPSA) is 81.9 Å². The maximum atomic E-state index is 12.1. The second-order valence-corrected chi connectivity index (χ2v) is 4.59. The SMILES string of the molecule is CCN(CC)c1ncc(C(=O)Nc2ccc(C#N)cc2)cn1. The summed E-state index contributed by atoms with van der Waals surface area (Å²) >= 11 is 0. The van der Waals surface area contributed by atoms with E-state index in [4.69, 9.17) is 5.26 Å². The van der Waals surface area contributed by atoms with Crippen LogP contribution in [0.5, 0.6) is 0 Å². The summed E-state index contributed by atoms with van der Waals surface area (Å²) in [5, 5.41) is 11.5. The van der Waals surface area contributed by atoms with E-state index in [0.717, 1.165) is 13.1 Å². The zero-order chi connectivity index (χ0) is 15.9. The molecule has 1 heterocycles. The fourth-order valence-corrected chi connectivity index (χ4v) is 1.94. The number of nitrogens with zero attached hydrogens (tertiary/aromatic N) is 4. The highest BCUT2D eigenvalue weighted by atomic mass is 16.1.